The number of thiazole rings is 1. The molecule has 0 aliphatic carbocycles. The first-order chi connectivity index (χ1) is 16.4. The van der Waals surface area contributed by atoms with Gasteiger partial charge in [0, 0.05) is 18.7 Å². The van der Waals surface area contributed by atoms with Crippen LogP contribution in [0.25, 0.3) is 10.2 Å². The molecule has 0 spiro atoms. The molecule has 5 rings (SSSR count). The van der Waals surface area contributed by atoms with Crippen LogP contribution in [0.4, 0.5) is 0 Å². The second-order valence-electron chi connectivity index (χ2n) is 7.67. The molecular weight excluding hydrogens is 502 g/mol. The summed E-state index contributed by atoms with van der Waals surface area (Å²) in [6.45, 7) is 0.926. The molecule has 0 radical (unpaired) electrons. The Morgan fingerprint density at radius 3 is 2.71 bits per heavy atom. The number of hydrogen-bond donors (Lipinski definition) is 0. The van der Waals surface area contributed by atoms with Crippen molar-refractivity contribution in [2.24, 2.45) is 4.99 Å². The van der Waals surface area contributed by atoms with Crippen molar-refractivity contribution in [2.45, 2.75) is 29.6 Å². The summed E-state index contributed by atoms with van der Waals surface area (Å²) in [6.07, 6.45) is 0.942. The van der Waals surface area contributed by atoms with Crippen LogP contribution < -0.4 is 14.3 Å². The van der Waals surface area contributed by atoms with Gasteiger partial charge in [0.15, 0.2) is 16.3 Å². The fraction of sp³-hybridized carbons (Fsp3) is 0.381. The molecule has 180 valence electrons. The SMILES string of the molecule is COC(=O)Cn1c(=NC(=O)C2CCCN2S(=O)(=O)c2cccs2)sc2cc3c(cc21)OCCO3. The Kier molecular flexibility index (Phi) is 6.18. The smallest absolute Gasteiger partial charge is 0.325 e. The van der Waals surface area contributed by atoms with Crippen molar-refractivity contribution < 1.29 is 32.2 Å². The Morgan fingerprint density at radius 1 is 1.24 bits per heavy atom. The number of aromatic nitrogens is 1. The van der Waals surface area contributed by atoms with Gasteiger partial charge in [-0.3, -0.25) is 9.59 Å². The Bertz CT molecular complexity index is 1420. The molecule has 0 bridgehead atoms. The third-order valence-corrected chi connectivity index (χ3v) is 9.94. The van der Waals surface area contributed by atoms with E-state index in [0.717, 1.165) is 16.0 Å². The van der Waals surface area contributed by atoms with Crippen LogP contribution in [-0.2, 0) is 30.9 Å². The highest BCUT2D eigenvalue weighted by atomic mass is 32.2. The highest BCUT2D eigenvalue weighted by Crippen LogP contribution is 2.36. The summed E-state index contributed by atoms with van der Waals surface area (Å²) < 4.78 is 46.0. The predicted octanol–water partition coefficient (Wildman–Crippen LogP) is 1.99. The molecule has 1 amide bonds. The summed E-state index contributed by atoms with van der Waals surface area (Å²) in [7, 11) is -2.51. The minimum atomic E-state index is -3.79. The van der Waals surface area contributed by atoms with Crippen LogP contribution in [0.5, 0.6) is 11.5 Å². The molecular formula is C21H21N3O7S3. The van der Waals surface area contributed by atoms with Gasteiger partial charge in [0.2, 0.25) is 0 Å². The van der Waals surface area contributed by atoms with Gasteiger partial charge in [0.1, 0.15) is 30.0 Å². The van der Waals surface area contributed by atoms with Crippen molar-refractivity contribution in [2.75, 3.05) is 26.9 Å². The van der Waals surface area contributed by atoms with E-state index in [4.69, 9.17) is 14.2 Å². The monoisotopic (exact) mass is 523 g/mol. The molecule has 0 saturated carbocycles. The van der Waals surface area contributed by atoms with Crippen LogP contribution in [-0.4, -0.2) is 62.1 Å². The molecule has 10 nitrogen and oxygen atoms in total. The van der Waals surface area contributed by atoms with E-state index in [2.05, 4.69) is 4.99 Å². The third-order valence-electron chi connectivity index (χ3n) is 5.61. The van der Waals surface area contributed by atoms with E-state index in [-0.39, 0.29) is 22.1 Å². The lowest BCUT2D eigenvalue weighted by Gasteiger charge is -2.20. The molecule has 1 aromatic carbocycles. The molecule has 0 N–H and O–H groups in total. The number of sulfonamides is 1. The lowest BCUT2D eigenvalue weighted by atomic mass is 10.2. The van der Waals surface area contributed by atoms with E-state index in [1.54, 1.807) is 28.1 Å². The first-order valence-corrected chi connectivity index (χ1v) is 13.7. The summed E-state index contributed by atoms with van der Waals surface area (Å²) in [5, 5.41) is 1.68. The molecule has 2 aromatic heterocycles. The maximum absolute atomic E-state index is 13.2. The average molecular weight is 524 g/mol. The number of hydrogen-bond acceptors (Lipinski definition) is 9. The minimum Gasteiger partial charge on any atom is -0.486 e. The van der Waals surface area contributed by atoms with Crippen molar-refractivity contribution in [1.82, 2.24) is 8.87 Å². The van der Waals surface area contributed by atoms with E-state index in [1.165, 1.54) is 28.8 Å². The second-order valence-corrected chi connectivity index (χ2v) is 11.7. The van der Waals surface area contributed by atoms with Gasteiger partial charge in [0.05, 0.1) is 17.3 Å². The maximum atomic E-state index is 13.2. The summed E-state index contributed by atoms with van der Waals surface area (Å²) in [4.78, 5) is 29.9. The summed E-state index contributed by atoms with van der Waals surface area (Å²) in [5.41, 5.74) is 0.640. The van der Waals surface area contributed by atoms with Gasteiger partial charge in [-0.15, -0.1) is 11.3 Å². The maximum Gasteiger partial charge on any atom is 0.325 e. The number of amides is 1. The Labute approximate surface area is 203 Å². The van der Waals surface area contributed by atoms with Gasteiger partial charge in [-0.1, -0.05) is 17.4 Å². The normalized spacial score (nSPS) is 19.0. The topological polar surface area (TPSA) is 116 Å². The van der Waals surface area contributed by atoms with Crippen LogP contribution in [0.2, 0.25) is 0 Å². The minimum absolute atomic E-state index is 0.163. The average Bonchev–Trinajstić information content (AvgIpc) is 3.59. The van der Waals surface area contributed by atoms with Crippen LogP contribution in [0, 0.1) is 0 Å². The van der Waals surface area contributed by atoms with Gasteiger partial charge in [-0.25, -0.2) is 8.42 Å². The van der Waals surface area contributed by atoms with E-state index < -0.39 is 27.9 Å². The number of thiophene rings is 1. The zero-order valence-electron chi connectivity index (χ0n) is 18.1. The van der Waals surface area contributed by atoms with Gasteiger partial charge < -0.3 is 18.8 Å². The van der Waals surface area contributed by atoms with Crippen LogP contribution >= 0.6 is 22.7 Å². The van der Waals surface area contributed by atoms with E-state index >= 15 is 0 Å². The number of benzene rings is 1. The van der Waals surface area contributed by atoms with E-state index in [0.29, 0.717) is 43.1 Å². The van der Waals surface area contributed by atoms with Crippen molar-refractivity contribution in [3.05, 3.63) is 34.4 Å². The van der Waals surface area contributed by atoms with Gasteiger partial charge in [-0.2, -0.15) is 9.30 Å². The number of fused-ring (bicyclic) bond motifs is 2. The van der Waals surface area contributed by atoms with E-state index in [1.807, 2.05) is 0 Å². The van der Waals surface area contributed by atoms with Crippen LogP contribution in [0.15, 0.2) is 38.8 Å². The summed E-state index contributed by atoms with van der Waals surface area (Å²) in [5.74, 6) is 0.0375. The zero-order chi connectivity index (χ0) is 23.9. The quantitative estimate of drug-likeness (QED) is 0.470. The number of carbonyl (C=O) groups excluding carboxylic acids is 2. The number of methoxy groups -OCH3 is 1. The third kappa shape index (κ3) is 4.13. The fourth-order valence-electron chi connectivity index (χ4n) is 4.01. The lowest BCUT2D eigenvalue weighted by molar-refractivity contribution is -0.141. The van der Waals surface area contributed by atoms with Gasteiger partial charge in [0.25, 0.3) is 15.9 Å². The van der Waals surface area contributed by atoms with Gasteiger partial charge in [-0.05, 0) is 24.3 Å². The lowest BCUT2D eigenvalue weighted by Crippen LogP contribution is -2.40. The van der Waals surface area contributed by atoms with Crippen molar-refractivity contribution in [1.29, 1.82) is 0 Å². The zero-order valence-corrected chi connectivity index (χ0v) is 20.6. The summed E-state index contributed by atoms with van der Waals surface area (Å²) >= 11 is 2.32. The molecule has 13 heteroatoms. The Hall–Kier alpha value is -2.74. The van der Waals surface area contributed by atoms with Gasteiger partial charge >= 0.3 is 5.97 Å². The fourth-order valence-corrected chi connectivity index (χ4v) is 7.82. The molecule has 1 fully saturated rings. The molecule has 3 aromatic rings. The van der Waals surface area contributed by atoms with Crippen molar-refractivity contribution in [3.63, 3.8) is 0 Å². The largest absolute Gasteiger partial charge is 0.486 e. The Balaban J connectivity index is 1.56. The van der Waals surface area contributed by atoms with Crippen LogP contribution in [0.3, 0.4) is 0 Å². The Morgan fingerprint density at radius 2 is 2.00 bits per heavy atom. The van der Waals surface area contributed by atoms with E-state index in [9.17, 15) is 18.0 Å². The molecule has 4 heterocycles. The standard InChI is InChI=1S/C21H21N3O7S3/c1-29-18(25)12-23-14-10-15-16(31-8-7-30-15)11-17(14)33-21(23)22-20(26)13-4-2-6-24(13)34(27,28)19-5-3-9-32-19/h3,5,9-11,13H,2,4,6-8,12H2,1H3. The number of esters is 1. The first-order valence-electron chi connectivity index (χ1n) is 10.5. The molecule has 1 saturated heterocycles. The van der Waals surface area contributed by atoms with Crippen LogP contribution in [0.1, 0.15) is 12.8 Å². The summed E-state index contributed by atoms with van der Waals surface area (Å²) in [6, 6.07) is 5.82. The number of ether oxygens (including phenoxy) is 3. The molecule has 1 unspecified atom stereocenters. The highest BCUT2D eigenvalue weighted by molar-refractivity contribution is 7.91. The number of nitrogens with zero attached hydrogens (tertiary/aromatic N) is 3. The highest BCUT2D eigenvalue weighted by Gasteiger charge is 2.40. The van der Waals surface area contributed by atoms with Crippen molar-refractivity contribution >= 4 is 54.8 Å². The first kappa shape index (κ1) is 23.0. The van der Waals surface area contributed by atoms with Crippen molar-refractivity contribution in [3.8, 4) is 11.5 Å². The second kappa shape index (κ2) is 9.13. The number of carbonyl (C=O) groups is 2. The number of rotatable bonds is 5. The molecule has 2 aliphatic heterocycles. The molecule has 2 aliphatic rings. The predicted molar refractivity (Wildman–Crippen MR) is 125 cm³/mol. The molecule has 1 atom stereocenters. The molecule has 34 heavy (non-hydrogen) atoms.